The van der Waals surface area contributed by atoms with E-state index in [1.807, 2.05) is 0 Å². The molecule has 7 heteroatoms. The van der Waals surface area contributed by atoms with E-state index in [1.54, 1.807) is 12.1 Å². The van der Waals surface area contributed by atoms with Crippen LogP contribution in [-0.2, 0) is 0 Å². The van der Waals surface area contributed by atoms with Gasteiger partial charge in [0.1, 0.15) is 16.7 Å². The van der Waals surface area contributed by atoms with Gasteiger partial charge in [0.25, 0.3) is 0 Å². The Morgan fingerprint density at radius 1 is 0.957 bits per heavy atom. The van der Waals surface area contributed by atoms with Gasteiger partial charge in [-0.3, -0.25) is 4.79 Å². The molecule has 120 valence electrons. The molecule has 0 amide bonds. The van der Waals surface area contributed by atoms with Gasteiger partial charge in [-0.25, -0.2) is 0 Å². The third-order valence-corrected chi connectivity index (χ3v) is 3.59. The Kier molecular flexibility index (Phi) is 3.40. The van der Waals surface area contributed by atoms with Crippen molar-refractivity contribution in [1.29, 1.82) is 0 Å². The topological polar surface area (TPSA) is 98.4 Å². The Bertz CT molecular complexity index is 972. The van der Waals surface area contributed by atoms with Gasteiger partial charge in [0.2, 0.25) is 22.7 Å². The van der Waals surface area contributed by atoms with E-state index in [4.69, 9.17) is 18.6 Å². The first kappa shape index (κ1) is 14.8. The number of rotatable bonds is 3. The predicted molar refractivity (Wildman–Crippen MR) is 83.0 cm³/mol. The fraction of sp³-hybridized carbons (Fsp3) is 0.188. The Morgan fingerprint density at radius 2 is 1.65 bits per heavy atom. The van der Waals surface area contributed by atoms with Crippen molar-refractivity contribution in [2.75, 3.05) is 21.3 Å². The summed E-state index contributed by atoms with van der Waals surface area (Å²) in [6, 6.07) is 4.70. The maximum atomic E-state index is 12.8. The summed E-state index contributed by atoms with van der Waals surface area (Å²) >= 11 is 0. The molecule has 3 rings (SSSR count). The molecule has 0 atom stereocenters. The van der Waals surface area contributed by atoms with Gasteiger partial charge in [0.15, 0.2) is 11.3 Å². The molecule has 0 saturated carbocycles. The minimum atomic E-state index is -0.515. The second-order valence-electron chi connectivity index (χ2n) is 4.76. The van der Waals surface area contributed by atoms with Crippen molar-refractivity contribution in [3.63, 3.8) is 0 Å². The summed E-state index contributed by atoms with van der Waals surface area (Å²) in [5.41, 5.74) is -0.286. The van der Waals surface area contributed by atoms with Crippen LogP contribution in [0.25, 0.3) is 21.9 Å². The van der Waals surface area contributed by atoms with E-state index in [2.05, 4.69) is 0 Å². The standard InChI is InChI=1S/C16H14O7/c1-20-7-4-5-9-8(6-7)11(17)10-12(18)15(21-2)13(19)16(22-3)14(10)23-9/h4-6,18-19H,1-3H3. The highest BCUT2D eigenvalue weighted by molar-refractivity contribution is 5.99. The van der Waals surface area contributed by atoms with Gasteiger partial charge in [0.05, 0.1) is 26.7 Å². The maximum Gasteiger partial charge on any atom is 0.208 e. The van der Waals surface area contributed by atoms with Crippen LogP contribution < -0.4 is 19.6 Å². The summed E-state index contributed by atoms with van der Waals surface area (Å²) in [7, 11) is 4.04. The average Bonchev–Trinajstić information content (AvgIpc) is 2.55. The molecule has 23 heavy (non-hydrogen) atoms. The van der Waals surface area contributed by atoms with Crippen molar-refractivity contribution >= 4 is 21.9 Å². The average molecular weight is 318 g/mol. The molecule has 3 aromatic rings. The second kappa shape index (κ2) is 5.28. The summed E-state index contributed by atoms with van der Waals surface area (Å²) < 4.78 is 20.8. The Labute approximate surface area is 130 Å². The van der Waals surface area contributed by atoms with Crippen LogP contribution in [0.1, 0.15) is 0 Å². The van der Waals surface area contributed by atoms with Crippen molar-refractivity contribution in [1.82, 2.24) is 0 Å². The van der Waals surface area contributed by atoms with E-state index in [0.717, 1.165) is 0 Å². The first-order valence-corrected chi connectivity index (χ1v) is 6.63. The lowest BCUT2D eigenvalue weighted by Gasteiger charge is -2.13. The summed E-state index contributed by atoms with van der Waals surface area (Å²) in [5.74, 6) is -0.843. The lowest BCUT2D eigenvalue weighted by Crippen LogP contribution is -2.05. The highest BCUT2D eigenvalue weighted by Crippen LogP contribution is 2.49. The SMILES string of the molecule is COc1ccc2oc3c(OC)c(O)c(OC)c(O)c3c(=O)c2c1. The molecule has 0 fully saturated rings. The first-order chi connectivity index (χ1) is 11.0. The van der Waals surface area contributed by atoms with E-state index < -0.39 is 16.9 Å². The minimum absolute atomic E-state index is 0.0639. The molecule has 0 aliphatic carbocycles. The minimum Gasteiger partial charge on any atom is -0.504 e. The van der Waals surface area contributed by atoms with Gasteiger partial charge in [-0.05, 0) is 18.2 Å². The van der Waals surface area contributed by atoms with Gasteiger partial charge in [-0.2, -0.15) is 0 Å². The van der Waals surface area contributed by atoms with Crippen LogP contribution in [0, 0.1) is 0 Å². The van der Waals surface area contributed by atoms with Crippen molar-refractivity contribution in [2.45, 2.75) is 0 Å². The number of methoxy groups -OCH3 is 3. The lowest BCUT2D eigenvalue weighted by molar-refractivity contribution is 0.324. The monoisotopic (exact) mass is 318 g/mol. The summed E-state index contributed by atoms with van der Waals surface area (Å²) in [4.78, 5) is 12.8. The highest BCUT2D eigenvalue weighted by atomic mass is 16.5. The lowest BCUT2D eigenvalue weighted by atomic mass is 10.1. The Balaban J connectivity index is 2.58. The van der Waals surface area contributed by atoms with E-state index in [-0.39, 0.29) is 33.4 Å². The van der Waals surface area contributed by atoms with E-state index in [9.17, 15) is 15.0 Å². The van der Waals surface area contributed by atoms with Crippen molar-refractivity contribution in [2.24, 2.45) is 0 Å². The Hall–Kier alpha value is -3.09. The van der Waals surface area contributed by atoms with Gasteiger partial charge in [0, 0.05) is 0 Å². The van der Waals surface area contributed by atoms with Gasteiger partial charge >= 0.3 is 0 Å². The number of phenols is 2. The molecule has 7 nitrogen and oxygen atoms in total. The highest BCUT2D eigenvalue weighted by Gasteiger charge is 2.25. The molecule has 0 saturated heterocycles. The molecule has 0 aliphatic rings. The second-order valence-corrected chi connectivity index (χ2v) is 4.76. The normalized spacial score (nSPS) is 10.9. The summed E-state index contributed by atoms with van der Waals surface area (Å²) in [6.45, 7) is 0. The summed E-state index contributed by atoms with van der Waals surface area (Å²) in [6.07, 6.45) is 0. The molecule has 1 heterocycles. The van der Waals surface area contributed by atoms with Gasteiger partial charge < -0.3 is 28.8 Å². The smallest absolute Gasteiger partial charge is 0.208 e. The van der Waals surface area contributed by atoms with Gasteiger partial charge in [-0.15, -0.1) is 0 Å². The largest absolute Gasteiger partial charge is 0.504 e. The van der Waals surface area contributed by atoms with Crippen molar-refractivity contribution < 1.29 is 28.8 Å². The Morgan fingerprint density at radius 3 is 2.26 bits per heavy atom. The maximum absolute atomic E-state index is 12.8. The number of benzene rings is 2. The van der Waals surface area contributed by atoms with E-state index >= 15 is 0 Å². The predicted octanol–water partition coefficient (Wildman–Crippen LogP) is 2.38. The number of hydrogen-bond acceptors (Lipinski definition) is 7. The fourth-order valence-corrected chi connectivity index (χ4v) is 2.50. The molecular formula is C16H14O7. The number of ether oxygens (including phenoxy) is 3. The molecule has 2 aromatic carbocycles. The number of fused-ring (bicyclic) bond motifs is 2. The molecule has 2 N–H and O–H groups in total. The van der Waals surface area contributed by atoms with Crippen LogP contribution in [0.2, 0.25) is 0 Å². The fourth-order valence-electron chi connectivity index (χ4n) is 2.50. The number of hydrogen-bond donors (Lipinski definition) is 2. The van der Waals surface area contributed by atoms with Crippen LogP contribution in [-0.4, -0.2) is 31.5 Å². The molecule has 0 bridgehead atoms. The van der Waals surface area contributed by atoms with Crippen LogP contribution in [0.3, 0.4) is 0 Å². The zero-order valence-electron chi connectivity index (χ0n) is 12.7. The molecule has 0 unspecified atom stereocenters. The van der Waals surface area contributed by atoms with Crippen LogP contribution in [0.4, 0.5) is 0 Å². The molecule has 1 aromatic heterocycles. The first-order valence-electron chi connectivity index (χ1n) is 6.63. The van der Waals surface area contributed by atoms with Crippen molar-refractivity contribution in [3.05, 3.63) is 28.4 Å². The third kappa shape index (κ3) is 2.01. The molecular weight excluding hydrogens is 304 g/mol. The quantitative estimate of drug-likeness (QED) is 0.715. The molecule has 0 spiro atoms. The van der Waals surface area contributed by atoms with Crippen LogP contribution in [0.15, 0.2) is 27.4 Å². The zero-order chi connectivity index (χ0) is 16.7. The van der Waals surface area contributed by atoms with Crippen LogP contribution in [0.5, 0.6) is 28.7 Å². The van der Waals surface area contributed by atoms with Crippen LogP contribution >= 0.6 is 0 Å². The third-order valence-electron chi connectivity index (χ3n) is 3.59. The number of aromatic hydroxyl groups is 2. The zero-order valence-corrected chi connectivity index (χ0v) is 12.7. The van der Waals surface area contributed by atoms with Crippen molar-refractivity contribution in [3.8, 4) is 28.7 Å². The van der Waals surface area contributed by atoms with Gasteiger partial charge in [-0.1, -0.05) is 0 Å². The van der Waals surface area contributed by atoms with E-state index in [1.165, 1.54) is 27.4 Å². The summed E-state index contributed by atoms with van der Waals surface area (Å²) in [5, 5.41) is 20.5. The number of phenolic OH excluding ortho intramolecular Hbond substituents is 2. The molecule has 0 radical (unpaired) electrons. The molecule has 0 aliphatic heterocycles. The van der Waals surface area contributed by atoms with E-state index in [0.29, 0.717) is 5.75 Å².